The van der Waals surface area contributed by atoms with Crippen LogP contribution in [0.25, 0.3) is 10.9 Å². The fraction of sp³-hybridized carbons (Fsp3) is 0.448. The summed E-state index contributed by atoms with van der Waals surface area (Å²) in [6, 6.07) is 12.3. The molecule has 0 radical (unpaired) electrons. The lowest BCUT2D eigenvalue weighted by atomic mass is 9.88. The maximum Gasteiger partial charge on any atom is 0.407 e. The molecule has 2 aromatic carbocycles. The summed E-state index contributed by atoms with van der Waals surface area (Å²) in [6.45, 7) is -2.44. The van der Waals surface area contributed by atoms with E-state index in [2.05, 4.69) is 4.98 Å². The van der Waals surface area contributed by atoms with Crippen molar-refractivity contribution >= 4 is 36.9 Å². The molecule has 46 heavy (non-hydrogen) atoms. The van der Waals surface area contributed by atoms with Crippen molar-refractivity contribution in [2.45, 2.75) is 52.1 Å². The van der Waals surface area contributed by atoms with Gasteiger partial charge in [0, 0.05) is 24.7 Å². The Morgan fingerprint density at radius 2 is 1.83 bits per heavy atom. The van der Waals surface area contributed by atoms with Crippen molar-refractivity contribution in [1.29, 1.82) is 0 Å². The molecule has 0 saturated carbocycles. The second kappa shape index (κ2) is 13.0. The van der Waals surface area contributed by atoms with Crippen LogP contribution in [0.4, 0.5) is 13.6 Å². The van der Waals surface area contributed by atoms with E-state index in [9.17, 15) is 40.6 Å². The van der Waals surface area contributed by atoms with Gasteiger partial charge in [-0.05, 0) is 49.6 Å². The number of para-hydroxylation sites is 1. The minimum Gasteiger partial charge on any atom is -0.491 e. The summed E-state index contributed by atoms with van der Waals surface area (Å²) in [7, 11) is -9.03. The monoisotopic (exact) mass is 685 g/mol. The number of hydrogen-bond donors (Lipinski definition) is 3. The standard InChI is InChI=1S/C29H33F2N3O10S2/c30-29(31,19-35)45(39,40)24-6-3-5-23(13-24)43-18-22(36)16-34(27(37)38)21-14-28(44-17-21)8-10-33(11-9-28)46(41,42)25-12-20-4-1-2-7-26(20)32-15-25/h1-7,12-13,15,21-22,35-36H,8-11,14,16-19H2,(H,37,38)/t21-,22+/m1/s1. The fourth-order valence-electron chi connectivity index (χ4n) is 5.69. The Balaban J connectivity index is 1.17. The molecule has 13 nitrogen and oxygen atoms in total. The Hall–Kier alpha value is -3.48. The molecule has 5 rings (SSSR count). The Bertz CT molecular complexity index is 1800. The second-order valence-corrected chi connectivity index (χ2v) is 15.3. The van der Waals surface area contributed by atoms with Crippen molar-refractivity contribution in [2.75, 3.05) is 39.5 Å². The molecular weight excluding hydrogens is 652 g/mol. The first kappa shape index (κ1) is 33.9. The Kier molecular flexibility index (Phi) is 9.54. The summed E-state index contributed by atoms with van der Waals surface area (Å²) < 4.78 is 91.2. The van der Waals surface area contributed by atoms with Gasteiger partial charge in [0.25, 0.3) is 0 Å². The lowest BCUT2D eigenvalue weighted by Gasteiger charge is -2.38. The first-order valence-corrected chi connectivity index (χ1v) is 17.2. The third-order valence-corrected chi connectivity index (χ3v) is 11.9. The van der Waals surface area contributed by atoms with Gasteiger partial charge < -0.3 is 29.7 Å². The number of sulfonamides is 1. The SMILES string of the molecule is O=C(O)N(C[C@H](O)COc1cccc(S(=O)(=O)C(F)(F)CO)c1)[C@H]1COC2(CCN(S(=O)(=O)c3cnc4ccccc4c3)CC2)C1. The van der Waals surface area contributed by atoms with Crippen LogP contribution in [-0.2, 0) is 24.6 Å². The normalized spacial score (nSPS) is 19.7. The van der Waals surface area contributed by atoms with Gasteiger partial charge in [-0.1, -0.05) is 24.3 Å². The summed E-state index contributed by atoms with van der Waals surface area (Å²) in [5.74, 6) is -0.167. The number of benzene rings is 2. The average Bonchev–Trinajstić information content (AvgIpc) is 3.44. The number of aliphatic hydroxyl groups is 2. The van der Waals surface area contributed by atoms with E-state index in [4.69, 9.17) is 14.6 Å². The quantitative estimate of drug-likeness (QED) is 0.269. The highest BCUT2D eigenvalue weighted by atomic mass is 32.2. The van der Waals surface area contributed by atoms with Crippen LogP contribution in [0.1, 0.15) is 19.3 Å². The van der Waals surface area contributed by atoms with E-state index < -0.39 is 73.6 Å². The largest absolute Gasteiger partial charge is 0.491 e. The zero-order valence-corrected chi connectivity index (χ0v) is 26.0. The summed E-state index contributed by atoms with van der Waals surface area (Å²) >= 11 is 0. The van der Waals surface area contributed by atoms with Gasteiger partial charge in [-0.2, -0.15) is 13.1 Å². The Morgan fingerprint density at radius 3 is 2.52 bits per heavy atom. The predicted molar refractivity (Wildman–Crippen MR) is 159 cm³/mol. The number of amides is 1. The van der Waals surface area contributed by atoms with Gasteiger partial charge in [-0.3, -0.25) is 4.98 Å². The number of pyridine rings is 1. The number of alkyl halides is 2. The van der Waals surface area contributed by atoms with Gasteiger partial charge in [0.2, 0.25) is 19.9 Å². The number of fused-ring (bicyclic) bond motifs is 1. The van der Waals surface area contributed by atoms with Crippen LogP contribution in [0.15, 0.2) is 70.6 Å². The summed E-state index contributed by atoms with van der Waals surface area (Å²) in [6.07, 6.45) is -0.438. The molecule has 2 fully saturated rings. The van der Waals surface area contributed by atoms with E-state index in [-0.39, 0.29) is 36.8 Å². The molecular formula is C29H33F2N3O10S2. The number of piperidine rings is 1. The minimum absolute atomic E-state index is 0.0280. The van der Waals surface area contributed by atoms with E-state index in [0.29, 0.717) is 23.7 Å². The Morgan fingerprint density at radius 1 is 1.11 bits per heavy atom. The number of carbonyl (C=O) groups is 1. The average molecular weight is 686 g/mol. The number of nitrogens with zero attached hydrogens (tertiary/aromatic N) is 3. The molecule has 0 bridgehead atoms. The van der Waals surface area contributed by atoms with E-state index in [1.54, 1.807) is 24.3 Å². The number of carboxylic acid groups (broad SMARTS) is 1. The van der Waals surface area contributed by atoms with Crippen molar-refractivity contribution in [3.8, 4) is 5.75 Å². The summed E-state index contributed by atoms with van der Waals surface area (Å²) in [5.41, 5.74) is -0.0777. The van der Waals surface area contributed by atoms with Crippen LogP contribution >= 0.6 is 0 Å². The highest BCUT2D eigenvalue weighted by Gasteiger charge is 2.48. The van der Waals surface area contributed by atoms with Crippen LogP contribution in [0.2, 0.25) is 0 Å². The molecule has 0 aliphatic carbocycles. The summed E-state index contributed by atoms with van der Waals surface area (Å²) in [4.78, 5) is 16.7. The zero-order chi connectivity index (χ0) is 33.3. The van der Waals surface area contributed by atoms with E-state index in [1.807, 2.05) is 6.07 Å². The van der Waals surface area contributed by atoms with Gasteiger partial charge in [0.05, 0.1) is 35.2 Å². The number of rotatable bonds is 11. The van der Waals surface area contributed by atoms with Crippen LogP contribution in [-0.4, -0.2) is 115 Å². The van der Waals surface area contributed by atoms with Crippen molar-refractivity contribution in [3.05, 3.63) is 60.8 Å². The smallest absolute Gasteiger partial charge is 0.407 e. The van der Waals surface area contributed by atoms with Gasteiger partial charge in [0.1, 0.15) is 30.0 Å². The molecule has 1 spiro atoms. The Labute approximate surface area is 263 Å². The first-order valence-electron chi connectivity index (χ1n) is 14.3. The van der Waals surface area contributed by atoms with Gasteiger partial charge in [0.15, 0.2) is 0 Å². The lowest BCUT2D eigenvalue weighted by Crippen LogP contribution is -2.48. The third kappa shape index (κ3) is 6.79. The number of hydrogen-bond acceptors (Lipinski definition) is 10. The van der Waals surface area contributed by atoms with Crippen molar-refractivity contribution in [3.63, 3.8) is 0 Å². The number of aliphatic hydroxyl groups excluding tert-OH is 2. The molecule has 2 aliphatic rings. The number of aromatic nitrogens is 1. The molecule has 0 unspecified atom stereocenters. The number of halogens is 2. The van der Waals surface area contributed by atoms with Crippen molar-refractivity contribution in [2.24, 2.45) is 0 Å². The maximum atomic E-state index is 13.7. The van der Waals surface area contributed by atoms with Crippen molar-refractivity contribution < 1.29 is 55.2 Å². The molecule has 17 heteroatoms. The highest BCUT2D eigenvalue weighted by Crippen LogP contribution is 2.39. The van der Waals surface area contributed by atoms with Crippen LogP contribution < -0.4 is 4.74 Å². The number of sulfone groups is 1. The van der Waals surface area contributed by atoms with E-state index in [0.717, 1.165) is 23.1 Å². The highest BCUT2D eigenvalue weighted by molar-refractivity contribution is 7.92. The third-order valence-electron chi connectivity index (χ3n) is 8.26. The molecule has 1 aromatic heterocycles. The van der Waals surface area contributed by atoms with Gasteiger partial charge in [-0.15, -0.1) is 0 Å². The topological polar surface area (TPSA) is 184 Å². The molecule has 3 aromatic rings. The number of ether oxygens (including phenoxy) is 2. The van der Waals surface area contributed by atoms with Crippen LogP contribution in [0.5, 0.6) is 5.75 Å². The van der Waals surface area contributed by atoms with Crippen molar-refractivity contribution in [1.82, 2.24) is 14.2 Å². The predicted octanol–water partition coefficient (Wildman–Crippen LogP) is 2.33. The van der Waals surface area contributed by atoms with E-state index >= 15 is 0 Å². The molecule has 3 heterocycles. The molecule has 250 valence electrons. The molecule has 2 saturated heterocycles. The zero-order valence-electron chi connectivity index (χ0n) is 24.4. The fourth-order valence-corrected chi connectivity index (χ4v) is 8.16. The lowest BCUT2D eigenvalue weighted by molar-refractivity contribution is -0.0319. The van der Waals surface area contributed by atoms with Gasteiger partial charge in [-0.25, -0.2) is 21.6 Å². The molecule has 2 aliphatic heterocycles. The molecule has 1 amide bonds. The van der Waals surface area contributed by atoms with Crippen LogP contribution in [0, 0.1) is 0 Å². The molecule has 3 N–H and O–H groups in total. The second-order valence-electron chi connectivity index (χ2n) is 11.3. The van der Waals surface area contributed by atoms with Crippen LogP contribution in [0.3, 0.4) is 0 Å². The van der Waals surface area contributed by atoms with E-state index in [1.165, 1.54) is 16.6 Å². The minimum atomic E-state index is -5.20. The molecule has 2 atom stereocenters. The summed E-state index contributed by atoms with van der Waals surface area (Å²) in [5, 5.41) is 25.5. The maximum absolute atomic E-state index is 13.7. The first-order chi connectivity index (χ1) is 21.7. The van der Waals surface area contributed by atoms with Gasteiger partial charge >= 0.3 is 11.3 Å².